The molecule has 0 aromatic heterocycles. The normalized spacial score (nSPS) is 19.5. The summed E-state index contributed by atoms with van der Waals surface area (Å²) in [7, 11) is 0. The Bertz CT molecular complexity index is 515. The fourth-order valence-electron chi connectivity index (χ4n) is 2.99. The van der Waals surface area contributed by atoms with E-state index in [-0.39, 0.29) is 0 Å². The second-order valence-corrected chi connectivity index (χ2v) is 6.25. The van der Waals surface area contributed by atoms with Gasteiger partial charge >= 0.3 is 0 Å². The van der Waals surface area contributed by atoms with E-state index in [9.17, 15) is 0 Å². The van der Waals surface area contributed by atoms with Gasteiger partial charge in [0, 0.05) is 36.7 Å². The molecule has 1 fully saturated rings. The summed E-state index contributed by atoms with van der Waals surface area (Å²) in [6.45, 7) is 8.42. The van der Waals surface area contributed by atoms with Crippen LogP contribution in [-0.4, -0.2) is 37.9 Å². The molecule has 3 rings (SSSR count). The first kappa shape index (κ1) is 14.9. The summed E-state index contributed by atoms with van der Waals surface area (Å²) in [5.74, 6) is 1.68. The number of piperazine rings is 1. The third kappa shape index (κ3) is 3.25. The molecule has 4 nitrogen and oxygen atoms in total. The van der Waals surface area contributed by atoms with Crippen molar-refractivity contribution < 1.29 is 9.47 Å². The lowest BCUT2D eigenvalue weighted by atomic mass is 9.99. The number of fused-ring (bicyclic) bond motifs is 1. The van der Waals surface area contributed by atoms with Crippen molar-refractivity contribution in [2.45, 2.75) is 18.9 Å². The van der Waals surface area contributed by atoms with Gasteiger partial charge in [-0.1, -0.05) is 22.0 Å². The Morgan fingerprint density at radius 1 is 1.29 bits per heavy atom. The van der Waals surface area contributed by atoms with Gasteiger partial charge < -0.3 is 14.8 Å². The van der Waals surface area contributed by atoms with Crippen LogP contribution < -0.4 is 14.8 Å². The van der Waals surface area contributed by atoms with E-state index < -0.39 is 0 Å². The maximum atomic E-state index is 5.54. The minimum Gasteiger partial charge on any atom is -0.454 e. The molecular formula is C16H21BrN2O2. The van der Waals surface area contributed by atoms with Crippen molar-refractivity contribution in [2.24, 2.45) is 0 Å². The highest BCUT2D eigenvalue weighted by molar-refractivity contribution is 9.10. The summed E-state index contributed by atoms with van der Waals surface area (Å²) >= 11 is 3.71. The number of halogens is 1. The summed E-state index contributed by atoms with van der Waals surface area (Å²) in [5.41, 5.74) is 1.28. The topological polar surface area (TPSA) is 33.7 Å². The highest BCUT2D eigenvalue weighted by atomic mass is 79.9. The van der Waals surface area contributed by atoms with E-state index >= 15 is 0 Å². The van der Waals surface area contributed by atoms with Crippen molar-refractivity contribution >= 4 is 15.9 Å². The fourth-order valence-corrected chi connectivity index (χ4v) is 3.58. The number of ether oxygens (including phenoxy) is 2. The molecular weight excluding hydrogens is 332 g/mol. The third-order valence-corrected chi connectivity index (χ3v) is 4.77. The van der Waals surface area contributed by atoms with Gasteiger partial charge in [-0.25, -0.2) is 0 Å². The summed E-state index contributed by atoms with van der Waals surface area (Å²) < 4.78 is 12.1. The second-order valence-electron chi connectivity index (χ2n) is 5.39. The first-order valence-electron chi connectivity index (χ1n) is 7.44. The van der Waals surface area contributed by atoms with Gasteiger partial charge in [-0.15, -0.1) is 6.58 Å². The molecule has 2 heterocycles. The molecule has 0 bridgehead atoms. The van der Waals surface area contributed by atoms with Gasteiger partial charge in [0.2, 0.25) is 6.79 Å². The Kier molecular flexibility index (Phi) is 4.83. The van der Waals surface area contributed by atoms with E-state index in [1.54, 1.807) is 0 Å². The Morgan fingerprint density at radius 2 is 2.00 bits per heavy atom. The number of nitrogens with one attached hydrogen (secondary N) is 1. The summed E-state index contributed by atoms with van der Waals surface area (Å²) in [5, 5.41) is 3.42. The van der Waals surface area contributed by atoms with Crippen LogP contribution >= 0.6 is 15.9 Å². The van der Waals surface area contributed by atoms with E-state index in [0.29, 0.717) is 12.8 Å². The van der Waals surface area contributed by atoms with Crippen LogP contribution in [0.2, 0.25) is 0 Å². The van der Waals surface area contributed by atoms with Crippen molar-refractivity contribution in [2.75, 3.05) is 33.0 Å². The molecule has 0 radical (unpaired) electrons. The summed E-state index contributed by atoms with van der Waals surface area (Å²) in [6.07, 6.45) is 4.08. The maximum absolute atomic E-state index is 5.54. The van der Waals surface area contributed by atoms with Crippen LogP contribution in [0.25, 0.3) is 0 Å². The first-order valence-corrected chi connectivity index (χ1v) is 8.23. The van der Waals surface area contributed by atoms with Crippen LogP contribution in [0.3, 0.4) is 0 Å². The quantitative estimate of drug-likeness (QED) is 0.825. The van der Waals surface area contributed by atoms with Gasteiger partial charge in [-0.3, -0.25) is 4.90 Å². The van der Waals surface area contributed by atoms with E-state index in [1.165, 1.54) is 5.56 Å². The highest BCUT2D eigenvalue weighted by Crippen LogP contribution is 2.41. The van der Waals surface area contributed by atoms with Crippen molar-refractivity contribution in [3.63, 3.8) is 0 Å². The predicted molar refractivity (Wildman–Crippen MR) is 86.9 cm³/mol. The lowest BCUT2D eigenvalue weighted by Gasteiger charge is -2.35. The van der Waals surface area contributed by atoms with Gasteiger partial charge in [0.05, 0.1) is 0 Å². The molecule has 2 aliphatic rings. The minimum atomic E-state index is 0.316. The van der Waals surface area contributed by atoms with Crippen molar-refractivity contribution in [3.8, 4) is 11.5 Å². The molecule has 21 heavy (non-hydrogen) atoms. The number of hydrogen-bond donors (Lipinski definition) is 1. The molecule has 1 aromatic rings. The number of hydrogen-bond acceptors (Lipinski definition) is 4. The predicted octanol–water partition coefficient (Wildman–Crippen LogP) is 3.09. The average molecular weight is 353 g/mol. The first-order chi connectivity index (χ1) is 10.3. The van der Waals surface area contributed by atoms with Crippen LogP contribution in [0.5, 0.6) is 11.5 Å². The molecule has 1 N–H and O–H groups in total. The molecule has 0 aliphatic carbocycles. The summed E-state index contributed by atoms with van der Waals surface area (Å²) in [4.78, 5) is 2.54. The third-order valence-electron chi connectivity index (χ3n) is 4.09. The van der Waals surface area contributed by atoms with Gasteiger partial charge in [0.1, 0.15) is 0 Å². The highest BCUT2D eigenvalue weighted by Gasteiger charge is 2.26. The molecule has 0 amide bonds. The van der Waals surface area contributed by atoms with E-state index in [4.69, 9.17) is 9.47 Å². The van der Waals surface area contributed by atoms with Gasteiger partial charge in [0.15, 0.2) is 11.5 Å². The Balaban J connectivity index is 1.89. The number of rotatable bonds is 5. The maximum Gasteiger partial charge on any atom is 0.231 e. The summed E-state index contributed by atoms with van der Waals surface area (Å²) in [6, 6.07) is 4.54. The van der Waals surface area contributed by atoms with Crippen molar-refractivity contribution in [3.05, 3.63) is 34.8 Å². The molecule has 2 aliphatic heterocycles. The average Bonchev–Trinajstić information content (AvgIpc) is 2.96. The largest absolute Gasteiger partial charge is 0.454 e. The molecule has 0 unspecified atom stereocenters. The molecule has 0 spiro atoms. The van der Waals surface area contributed by atoms with E-state index in [0.717, 1.165) is 55.0 Å². The minimum absolute atomic E-state index is 0.316. The zero-order chi connectivity index (χ0) is 14.7. The number of allylic oxidation sites excluding steroid dienone is 1. The molecule has 5 heteroatoms. The molecule has 114 valence electrons. The van der Waals surface area contributed by atoms with Crippen LogP contribution in [0.4, 0.5) is 0 Å². The SMILES string of the molecule is C=CCC[C@@H](c1cc2c(cc1Br)OCO2)N1CCNCC1. The van der Waals surface area contributed by atoms with E-state index in [2.05, 4.69) is 38.8 Å². The van der Waals surface area contributed by atoms with Crippen molar-refractivity contribution in [1.29, 1.82) is 0 Å². The molecule has 1 saturated heterocycles. The van der Waals surface area contributed by atoms with Gasteiger partial charge in [-0.2, -0.15) is 0 Å². The van der Waals surface area contributed by atoms with Gasteiger partial charge in [0.25, 0.3) is 0 Å². The van der Waals surface area contributed by atoms with Crippen molar-refractivity contribution in [1.82, 2.24) is 10.2 Å². The standard InChI is InChI=1S/C16H21BrN2O2/c1-2-3-4-14(19-7-5-18-6-8-19)12-9-15-16(10-13(12)17)21-11-20-15/h2,9-10,14,18H,1,3-8,11H2/t14-/m0/s1. The Hall–Kier alpha value is -1.04. The molecule has 1 atom stereocenters. The Morgan fingerprint density at radius 3 is 2.71 bits per heavy atom. The number of nitrogens with zero attached hydrogens (tertiary/aromatic N) is 1. The van der Waals surface area contributed by atoms with Crippen LogP contribution in [0.1, 0.15) is 24.4 Å². The monoisotopic (exact) mass is 352 g/mol. The van der Waals surface area contributed by atoms with Crippen LogP contribution in [-0.2, 0) is 0 Å². The van der Waals surface area contributed by atoms with E-state index in [1.807, 2.05) is 12.1 Å². The van der Waals surface area contributed by atoms with Crippen LogP contribution in [0, 0.1) is 0 Å². The zero-order valence-corrected chi connectivity index (χ0v) is 13.7. The fraction of sp³-hybridized carbons (Fsp3) is 0.500. The van der Waals surface area contributed by atoms with Gasteiger partial charge in [-0.05, 0) is 30.5 Å². The number of benzene rings is 1. The lowest BCUT2D eigenvalue weighted by molar-refractivity contribution is 0.164. The molecule has 0 saturated carbocycles. The van der Waals surface area contributed by atoms with Crippen LogP contribution in [0.15, 0.2) is 29.3 Å². The lowest BCUT2D eigenvalue weighted by Crippen LogP contribution is -2.45. The molecule has 1 aromatic carbocycles. The second kappa shape index (κ2) is 6.81. The smallest absolute Gasteiger partial charge is 0.231 e. The Labute approximate surface area is 134 Å². The zero-order valence-electron chi connectivity index (χ0n) is 12.1.